The van der Waals surface area contributed by atoms with Gasteiger partial charge in [-0.05, 0) is 42.7 Å². The molecule has 0 saturated carbocycles. The van der Waals surface area contributed by atoms with Crippen molar-refractivity contribution in [3.05, 3.63) is 46.7 Å². The van der Waals surface area contributed by atoms with E-state index in [-0.39, 0.29) is 11.9 Å². The van der Waals surface area contributed by atoms with Crippen LogP contribution in [-0.2, 0) is 0 Å². The third-order valence-corrected chi connectivity index (χ3v) is 6.05. The van der Waals surface area contributed by atoms with Gasteiger partial charge in [0.25, 0.3) is 5.91 Å². The molecular formula is C19H24N2O2S2. The van der Waals surface area contributed by atoms with Crippen LogP contribution in [0.1, 0.15) is 22.5 Å². The second kappa shape index (κ2) is 9.27. The summed E-state index contributed by atoms with van der Waals surface area (Å²) in [5.74, 6) is 1.03. The summed E-state index contributed by atoms with van der Waals surface area (Å²) in [6.45, 7) is 3.63. The first-order chi connectivity index (χ1) is 12.3. The molecule has 3 rings (SSSR count). The van der Waals surface area contributed by atoms with Crippen LogP contribution in [0.3, 0.4) is 0 Å². The average molecular weight is 377 g/mol. The molecule has 2 heterocycles. The Balaban J connectivity index is 1.37. The fourth-order valence-corrected chi connectivity index (χ4v) is 4.16. The molecule has 1 amide bonds. The topological polar surface area (TPSA) is 41.6 Å². The molecule has 1 saturated heterocycles. The lowest BCUT2D eigenvalue weighted by Gasteiger charge is -2.32. The van der Waals surface area contributed by atoms with Crippen LogP contribution < -0.4 is 10.1 Å². The molecular weight excluding hydrogens is 352 g/mol. The first-order valence-electron chi connectivity index (χ1n) is 8.59. The van der Waals surface area contributed by atoms with Crippen molar-refractivity contribution in [3.8, 4) is 5.75 Å². The standard InChI is InChI=1S/C19H24N2O2S2/c1-24-17-6-3-2-5-16(17)23-13-12-21-10-8-15(9-11-21)20-19(22)18-7-4-14-25-18/h2-7,14-15H,8-13H2,1H3,(H,20,22). The molecule has 0 spiro atoms. The quantitative estimate of drug-likeness (QED) is 0.748. The summed E-state index contributed by atoms with van der Waals surface area (Å²) in [4.78, 5) is 16.5. The smallest absolute Gasteiger partial charge is 0.261 e. The Kier molecular flexibility index (Phi) is 6.78. The normalized spacial score (nSPS) is 15.9. The third kappa shape index (κ3) is 5.23. The molecule has 6 heteroatoms. The van der Waals surface area contributed by atoms with Gasteiger partial charge in [0, 0.05) is 30.6 Å². The molecule has 4 nitrogen and oxygen atoms in total. The van der Waals surface area contributed by atoms with Gasteiger partial charge in [-0.15, -0.1) is 23.1 Å². The Morgan fingerprint density at radius 3 is 2.80 bits per heavy atom. The SMILES string of the molecule is CSc1ccccc1OCCN1CCC(NC(=O)c2cccs2)CC1. The van der Waals surface area contributed by atoms with Crippen molar-refractivity contribution in [1.29, 1.82) is 0 Å². The van der Waals surface area contributed by atoms with E-state index in [1.165, 1.54) is 16.2 Å². The molecule has 25 heavy (non-hydrogen) atoms. The highest BCUT2D eigenvalue weighted by Gasteiger charge is 2.21. The lowest BCUT2D eigenvalue weighted by molar-refractivity contribution is 0.0909. The summed E-state index contributed by atoms with van der Waals surface area (Å²) < 4.78 is 5.94. The number of amides is 1. The van der Waals surface area contributed by atoms with Gasteiger partial charge in [-0.3, -0.25) is 9.69 Å². The molecule has 1 aliphatic heterocycles. The van der Waals surface area contributed by atoms with Crippen LogP contribution in [0.25, 0.3) is 0 Å². The van der Waals surface area contributed by atoms with Crippen molar-refractivity contribution >= 4 is 29.0 Å². The average Bonchev–Trinajstić information content (AvgIpc) is 3.18. The highest BCUT2D eigenvalue weighted by molar-refractivity contribution is 7.98. The maximum absolute atomic E-state index is 12.1. The van der Waals surface area contributed by atoms with E-state index < -0.39 is 0 Å². The van der Waals surface area contributed by atoms with Gasteiger partial charge in [-0.1, -0.05) is 18.2 Å². The lowest BCUT2D eigenvalue weighted by atomic mass is 10.1. The molecule has 134 valence electrons. The molecule has 1 aromatic heterocycles. The fraction of sp³-hybridized carbons (Fsp3) is 0.421. The summed E-state index contributed by atoms with van der Waals surface area (Å²) in [5, 5.41) is 5.09. The molecule has 1 fully saturated rings. The first kappa shape index (κ1) is 18.3. The molecule has 0 bridgehead atoms. The summed E-state index contributed by atoms with van der Waals surface area (Å²) in [5.41, 5.74) is 0. The molecule has 0 radical (unpaired) electrons. The maximum atomic E-state index is 12.1. The maximum Gasteiger partial charge on any atom is 0.261 e. The Bertz CT molecular complexity index is 668. The number of likely N-dealkylation sites (tertiary alicyclic amines) is 1. The van der Waals surface area contributed by atoms with E-state index in [9.17, 15) is 4.79 Å². The van der Waals surface area contributed by atoms with E-state index in [1.54, 1.807) is 11.8 Å². The van der Waals surface area contributed by atoms with E-state index in [4.69, 9.17) is 4.74 Å². The van der Waals surface area contributed by atoms with E-state index in [1.807, 2.05) is 35.7 Å². The number of carbonyl (C=O) groups is 1. The number of rotatable bonds is 7. The zero-order chi connectivity index (χ0) is 17.5. The second-order valence-electron chi connectivity index (χ2n) is 6.07. The third-order valence-electron chi connectivity index (χ3n) is 4.40. The number of nitrogens with one attached hydrogen (secondary N) is 1. The van der Waals surface area contributed by atoms with Gasteiger partial charge >= 0.3 is 0 Å². The Labute approximate surface area is 157 Å². The predicted molar refractivity (Wildman–Crippen MR) is 105 cm³/mol. The van der Waals surface area contributed by atoms with Crippen LogP contribution in [0, 0.1) is 0 Å². The van der Waals surface area contributed by atoms with Gasteiger partial charge in [0.05, 0.1) is 4.88 Å². The van der Waals surface area contributed by atoms with Gasteiger partial charge in [0.15, 0.2) is 0 Å². The highest BCUT2D eigenvalue weighted by atomic mass is 32.2. The highest BCUT2D eigenvalue weighted by Crippen LogP contribution is 2.26. The van der Waals surface area contributed by atoms with Crippen LogP contribution in [0.2, 0.25) is 0 Å². The zero-order valence-corrected chi connectivity index (χ0v) is 16.1. The van der Waals surface area contributed by atoms with Crippen molar-refractivity contribution in [2.75, 3.05) is 32.5 Å². The summed E-state index contributed by atoms with van der Waals surface area (Å²) >= 11 is 3.20. The van der Waals surface area contributed by atoms with Crippen molar-refractivity contribution in [1.82, 2.24) is 10.2 Å². The minimum Gasteiger partial charge on any atom is -0.491 e. The van der Waals surface area contributed by atoms with E-state index in [0.717, 1.165) is 43.1 Å². The van der Waals surface area contributed by atoms with Gasteiger partial charge in [-0.2, -0.15) is 0 Å². The minimum absolute atomic E-state index is 0.0606. The van der Waals surface area contributed by atoms with Crippen LogP contribution >= 0.6 is 23.1 Å². The van der Waals surface area contributed by atoms with E-state index >= 15 is 0 Å². The number of ether oxygens (including phenoxy) is 1. The van der Waals surface area contributed by atoms with E-state index in [2.05, 4.69) is 22.5 Å². The number of para-hydroxylation sites is 1. The van der Waals surface area contributed by atoms with Crippen LogP contribution in [0.4, 0.5) is 0 Å². The van der Waals surface area contributed by atoms with Gasteiger partial charge in [-0.25, -0.2) is 0 Å². The van der Waals surface area contributed by atoms with Crippen molar-refractivity contribution in [2.45, 2.75) is 23.8 Å². The summed E-state index contributed by atoms with van der Waals surface area (Å²) in [7, 11) is 0. The number of nitrogens with zero attached hydrogens (tertiary/aromatic N) is 1. The molecule has 2 aromatic rings. The number of benzene rings is 1. The summed E-state index contributed by atoms with van der Waals surface area (Å²) in [6.07, 6.45) is 4.06. The monoisotopic (exact) mass is 376 g/mol. The molecule has 1 aliphatic rings. The largest absolute Gasteiger partial charge is 0.491 e. The fourth-order valence-electron chi connectivity index (χ4n) is 2.99. The summed E-state index contributed by atoms with van der Waals surface area (Å²) in [6, 6.07) is 12.2. The number of carbonyl (C=O) groups excluding carboxylic acids is 1. The second-order valence-corrected chi connectivity index (χ2v) is 7.86. The number of thiophene rings is 1. The number of hydrogen-bond acceptors (Lipinski definition) is 5. The van der Waals surface area contributed by atoms with E-state index in [0.29, 0.717) is 6.61 Å². The zero-order valence-electron chi connectivity index (χ0n) is 14.4. The Morgan fingerprint density at radius 1 is 1.28 bits per heavy atom. The van der Waals surface area contributed by atoms with Crippen LogP contribution in [0.15, 0.2) is 46.7 Å². The molecule has 0 atom stereocenters. The Hall–Kier alpha value is -1.50. The van der Waals surface area contributed by atoms with Gasteiger partial charge in [0.1, 0.15) is 12.4 Å². The van der Waals surface area contributed by atoms with Gasteiger partial charge < -0.3 is 10.1 Å². The molecule has 1 aromatic carbocycles. The van der Waals surface area contributed by atoms with Gasteiger partial charge in [0.2, 0.25) is 0 Å². The Morgan fingerprint density at radius 2 is 2.08 bits per heavy atom. The lowest BCUT2D eigenvalue weighted by Crippen LogP contribution is -2.45. The number of thioether (sulfide) groups is 1. The molecule has 1 N–H and O–H groups in total. The van der Waals surface area contributed by atoms with Crippen LogP contribution in [0.5, 0.6) is 5.75 Å². The molecule has 0 unspecified atom stereocenters. The number of hydrogen-bond donors (Lipinski definition) is 1. The minimum atomic E-state index is 0.0606. The van der Waals surface area contributed by atoms with Crippen molar-refractivity contribution in [2.24, 2.45) is 0 Å². The first-order valence-corrected chi connectivity index (χ1v) is 10.7. The predicted octanol–water partition coefficient (Wildman–Crippen LogP) is 3.74. The van der Waals surface area contributed by atoms with Crippen LogP contribution in [-0.4, -0.2) is 49.3 Å². The van der Waals surface area contributed by atoms with Crippen molar-refractivity contribution < 1.29 is 9.53 Å². The van der Waals surface area contributed by atoms with Crippen molar-refractivity contribution in [3.63, 3.8) is 0 Å². The number of piperidine rings is 1. The molecule has 0 aliphatic carbocycles.